The van der Waals surface area contributed by atoms with Gasteiger partial charge in [0.2, 0.25) is 5.95 Å². The number of imidazole rings is 1. The summed E-state index contributed by atoms with van der Waals surface area (Å²) in [7, 11) is 0. The molecule has 12 heteroatoms. The number of rotatable bonds is 5. The number of nitrogens with one attached hydrogen (secondary N) is 3. The zero-order valence-corrected chi connectivity index (χ0v) is 14.7. The Morgan fingerprint density at radius 2 is 2.07 bits per heavy atom. The lowest BCUT2D eigenvalue weighted by Gasteiger charge is -2.18. The van der Waals surface area contributed by atoms with Gasteiger partial charge in [-0.2, -0.15) is 18.2 Å². The molecular weight excluding hydrogens is 404 g/mol. The van der Waals surface area contributed by atoms with Crippen molar-refractivity contribution in [2.75, 3.05) is 16.9 Å². The Kier molecular flexibility index (Phi) is 5.38. The van der Waals surface area contributed by atoms with Crippen LogP contribution < -0.4 is 10.4 Å². The first kappa shape index (κ1) is 19.8. The van der Waals surface area contributed by atoms with Crippen molar-refractivity contribution in [1.29, 1.82) is 5.41 Å². The van der Waals surface area contributed by atoms with Crippen molar-refractivity contribution in [1.82, 2.24) is 15.0 Å². The van der Waals surface area contributed by atoms with Gasteiger partial charge in [-0.1, -0.05) is 11.6 Å². The van der Waals surface area contributed by atoms with Crippen molar-refractivity contribution in [3.63, 3.8) is 0 Å². The van der Waals surface area contributed by atoms with E-state index in [1.165, 1.54) is 18.3 Å². The highest BCUT2D eigenvalue weighted by Crippen LogP contribution is 2.25. The van der Waals surface area contributed by atoms with Gasteiger partial charge in [-0.05, 0) is 24.3 Å². The monoisotopic (exact) mass is 416 g/mol. The molecule has 0 unspecified atom stereocenters. The van der Waals surface area contributed by atoms with Crippen molar-refractivity contribution < 1.29 is 22.8 Å². The summed E-state index contributed by atoms with van der Waals surface area (Å²) >= 11 is 5.69. The van der Waals surface area contributed by atoms with Crippen LogP contribution in [0.15, 0.2) is 30.5 Å². The summed E-state index contributed by atoms with van der Waals surface area (Å²) in [6.07, 6.45) is -4.02. The maximum Gasteiger partial charge on any atom is 0.390 e. The molecule has 1 aromatic carbocycles. The van der Waals surface area contributed by atoms with Gasteiger partial charge in [-0.3, -0.25) is 10.6 Å². The number of H-pyrrole nitrogens is 1. The smallest absolute Gasteiger partial charge is 0.355 e. The van der Waals surface area contributed by atoms with Crippen LogP contribution in [0.2, 0.25) is 5.02 Å². The largest absolute Gasteiger partial charge is 0.390 e. The second kappa shape index (κ2) is 7.60. The van der Waals surface area contributed by atoms with E-state index in [4.69, 9.17) is 17.0 Å². The van der Waals surface area contributed by atoms with E-state index >= 15 is 0 Å². The van der Waals surface area contributed by atoms with Gasteiger partial charge in [0.25, 0.3) is 0 Å². The van der Waals surface area contributed by atoms with Gasteiger partial charge in [-0.15, -0.1) is 0 Å². The lowest BCUT2D eigenvalue weighted by atomic mass is 10.2. The van der Waals surface area contributed by atoms with Gasteiger partial charge in [-0.25, -0.2) is 14.4 Å². The maximum atomic E-state index is 13.3. The zero-order valence-electron chi connectivity index (χ0n) is 14.0. The number of anilines is 2. The third-order valence-corrected chi connectivity index (χ3v) is 4.00. The summed E-state index contributed by atoms with van der Waals surface area (Å²) in [5.41, 5.74) is 0.588. The molecule has 28 heavy (non-hydrogen) atoms. The molecule has 0 aliphatic rings. The Labute approximate surface area is 160 Å². The number of hydroxylamine groups is 1. The highest BCUT2D eigenvalue weighted by Gasteiger charge is 2.26. The topological polar surface area (TPSA) is 101 Å². The average Bonchev–Trinajstić information content (AvgIpc) is 3.04. The Balaban J connectivity index is 1.85. The third-order valence-electron chi connectivity index (χ3n) is 3.71. The molecule has 0 radical (unpaired) electrons. The van der Waals surface area contributed by atoms with E-state index < -0.39 is 30.8 Å². The van der Waals surface area contributed by atoms with Crippen molar-refractivity contribution in [3.8, 4) is 0 Å². The van der Waals surface area contributed by atoms with E-state index in [2.05, 4.69) is 20.3 Å². The highest BCUT2D eigenvalue weighted by atomic mass is 35.5. The molecule has 3 aromatic rings. The molecule has 0 bridgehead atoms. The molecular formula is C16H13ClF4N6O. The summed E-state index contributed by atoms with van der Waals surface area (Å²) in [5, 5.41) is 21.2. The number of aromatic amines is 1. The van der Waals surface area contributed by atoms with Crippen LogP contribution in [0, 0.1) is 11.2 Å². The van der Waals surface area contributed by atoms with Gasteiger partial charge in [0.05, 0.1) is 22.6 Å². The fourth-order valence-electron chi connectivity index (χ4n) is 2.37. The van der Waals surface area contributed by atoms with E-state index in [0.717, 1.165) is 12.1 Å². The van der Waals surface area contributed by atoms with E-state index in [-0.39, 0.29) is 33.4 Å². The quantitative estimate of drug-likeness (QED) is 0.214. The molecule has 0 fully saturated rings. The van der Waals surface area contributed by atoms with Crippen LogP contribution in [-0.4, -0.2) is 38.7 Å². The number of amidine groups is 1. The van der Waals surface area contributed by atoms with Crippen LogP contribution in [0.25, 0.3) is 11.2 Å². The zero-order chi connectivity index (χ0) is 20.5. The van der Waals surface area contributed by atoms with Crippen LogP contribution in [0.3, 0.4) is 0 Å². The molecule has 148 valence electrons. The Hall–Kier alpha value is -2.92. The second-order valence-corrected chi connectivity index (χ2v) is 6.10. The minimum absolute atomic E-state index is 0.0429. The second-order valence-electron chi connectivity index (χ2n) is 5.69. The molecule has 0 atom stereocenters. The van der Waals surface area contributed by atoms with Crippen molar-refractivity contribution in [3.05, 3.63) is 46.9 Å². The van der Waals surface area contributed by atoms with E-state index in [1.807, 2.05) is 0 Å². The Bertz CT molecular complexity index is 1020. The third kappa shape index (κ3) is 4.31. The first-order valence-corrected chi connectivity index (χ1v) is 8.22. The van der Waals surface area contributed by atoms with Gasteiger partial charge >= 0.3 is 6.18 Å². The molecule has 7 nitrogen and oxygen atoms in total. The first-order chi connectivity index (χ1) is 13.2. The van der Waals surface area contributed by atoms with Crippen LogP contribution in [0.1, 0.15) is 12.0 Å². The molecule has 0 amide bonds. The minimum atomic E-state index is -4.31. The number of pyridine rings is 1. The number of alkyl halides is 3. The summed E-state index contributed by atoms with van der Waals surface area (Å²) in [6, 6.07) is 4.82. The fourth-order valence-corrected chi connectivity index (χ4v) is 2.55. The Morgan fingerprint density at radius 1 is 1.32 bits per heavy atom. The summed E-state index contributed by atoms with van der Waals surface area (Å²) < 4.78 is 50.1. The van der Waals surface area contributed by atoms with Gasteiger partial charge in [0, 0.05) is 18.3 Å². The molecule has 0 spiro atoms. The van der Waals surface area contributed by atoms with Crippen LogP contribution in [0.4, 0.5) is 29.2 Å². The predicted octanol–water partition coefficient (Wildman–Crippen LogP) is 4.34. The molecule has 2 heterocycles. The number of aromatic nitrogens is 3. The first-order valence-electron chi connectivity index (χ1n) is 7.84. The van der Waals surface area contributed by atoms with E-state index in [1.54, 1.807) is 0 Å². The number of hydrogen-bond donors (Lipinski definition) is 4. The maximum absolute atomic E-state index is 13.3. The average molecular weight is 417 g/mol. The molecule has 3 rings (SSSR count). The number of hydrogen-bond acceptors (Lipinski definition) is 5. The summed E-state index contributed by atoms with van der Waals surface area (Å²) in [4.78, 5) is 10.7. The SMILES string of the molecule is N=C(c1ccnc2nc(NCCC(F)(F)F)[nH]c12)N(O)c1ccc(F)c(Cl)c1. The molecule has 0 aliphatic carbocycles. The number of benzene rings is 1. The molecule has 0 saturated carbocycles. The molecule has 2 aromatic heterocycles. The van der Waals surface area contributed by atoms with E-state index in [9.17, 15) is 22.8 Å². The van der Waals surface area contributed by atoms with Crippen molar-refractivity contribution >= 4 is 40.2 Å². The van der Waals surface area contributed by atoms with Gasteiger partial charge in [0.15, 0.2) is 11.5 Å². The highest BCUT2D eigenvalue weighted by molar-refractivity contribution is 6.31. The normalized spacial score (nSPS) is 11.6. The number of halogens is 5. The number of fused-ring (bicyclic) bond motifs is 1. The lowest BCUT2D eigenvalue weighted by molar-refractivity contribution is -0.131. The fraction of sp³-hybridized carbons (Fsp3) is 0.188. The minimum Gasteiger partial charge on any atom is -0.355 e. The molecule has 0 aliphatic heterocycles. The summed E-state index contributed by atoms with van der Waals surface area (Å²) in [5.74, 6) is -1.04. The van der Waals surface area contributed by atoms with Crippen LogP contribution in [0.5, 0.6) is 0 Å². The number of nitrogens with zero attached hydrogens (tertiary/aromatic N) is 3. The Morgan fingerprint density at radius 3 is 2.75 bits per heavy atom. The van der Waals surface area contributed by atoms with E-state index in [0.29, 0.717) is 5.06 Å². The predicted molar refractivity (Wildman–Crippen MR) is 95.6 cm³/mol. The van der Waals surface area contributed by atoms with Crippen LogP contribution in [-0.2, 0) is 0 Å². The van der Waals surface area contributed by atoms with Crippen molar-refractivity contribution in [2.45, 2.75) is 12.6 Å². The molecule has 0 saturated heterocycles. The van der Waals surface area contributed by atoms with Gasteiger partial charge in [0.1, 0.15) is 5.82 Å². The molecule has 4 N–H and O–H groups in total. The lowest BCUT2D eigenvalue weighted by Crippen LogP contribution is -2.27. The summed E-state index contributed by atoms with van der Waals surface area (Å²) in [6.45, 7) is -0.393. The van der Waals surface area contributed by atoms with Crippen molar-refractivity contribution in [2.24, 2.45) is 0 Å². The standard InChI is InChI=1S/C16H13ClF4N6O/c17-10-7-8(1-2-11(10)18)27(28)13(22)9-3-5-23-14-12(9)25-15(26-14)24-6-4-16(19,20)21/h1-3,5,7,22,28H,4,6H2,(H2,23,24,25,26). The van der Waals surface area contributed by atoms with Gasteiger partial charge < -0.3 is 10.3 Å². The van der Waals surface area contributed by atoms with Crippen LogP contribution >= 0.6 is 11.6 Å².